The van der Waals surface area contributed by atoms with Crippen molar-refractivity contribution < 1.29 is 5.11 Å². The first kappa shape index (κ1) is 14.9. The lowest BCUT2D eigenvalue weighted by molar-refractivity contribution is 0.157. The Balaban J connectivity index is 1.90. The zero-order valence-electron chi connectivity index (χ0n) is 11.9. The number of nitrogens with zero attached hydrogens (tertiary/aromatic N) is 1. The minimum absolute atomic E-state index is 0.315. The zero-order valence-corrected chi connectivity index (χ0v) is 13.5. The molecule has 106 valence electrons. The third-order valence-electron chi connectivity index (χ3n) is 4.46. The van der Waals surface area contributed by atoms with Crippen molar-refractivity contribution in [2.24, 2.45) is 5.92 Å². The molecule has 2 rings (SSSR count). The van der Waals surface area contributed by atoms with Crippen LogP contribution < -0.4 is 0 Å². The van der Waals surface area contributed by atoms with Crippen molar-refractivity contribution in [3.05, 3.63) is 28.2 Å². The van der Waals surface area contributed by atoms with Gasteiger partial charge in [0.25, 0.3) is 0 Å². The SMILES string of the molecule is CCC1CCC(N(C)Cc2ccc(O)c(Br)c2)CC1. The lowest BCUT2D eigenvalue weighted by Crippen LogP contribution is -2.34. The van der Waals surface area contributed by atoms with Crippen LogP contribution in [-0.2, 0) is 6.54 Å². The second-order valence-corrected chi connectivity index (χ2v) is 6.64. The summed E-state index contributed by atoms with van der Waals surface area (Å²) in [5.74, 6) is 1.27. The molecular weight excluding hydrogens is 302 g/mol. The molecule has 1 aromatic carbocycles. The fourth-order valence-corrected chi connectivity index (χ4v) is 3.49. The Bertz CT molecular complexity index is 413. The third kappa shape index (κ3) is 3.96. The van der Waals surface area contributed by atoms with Crippen molar-refractivity contribution in [1.29, 1.82) is 0 Å². The number of benzene rings is 1. The Morgan fingerprint density at radius 2 is 1.95 bits per heavy atom. The summed E-state index contributed by atoms with van der Waals surface area (Å²) in [6.07, 6.45) is 6.75. The second kappa shape index (κ2) is 6.76. The highest BCUT2D eigenvalue weighted by molar-refractivity contribution is 9.10. The topological polar surface area (TPSA) is 23.5 Å². The number of hydrogen-bond donors (Lipinski definition) is 1. The van der Waals surface area contributed by atoms with Gasteiger partial charge in [-0.3, -0.25) is 4.90 Å². The van der Waals surface area contributed by atoms with Gasteiger partial charge in [-0.2, -0.15) is 0 Å². The Morgan fingerprint density at radius 3 is 2.53 bits per heavy atom. The Labute approximate surface area is 124 Å². The highest BCUT2D eigenvalue weighted by atomic mass is 79.9. The molecule has 0 saturated heterocycles. The zero-order chi connectivity index (χ0) is 13.8. The molecular formula is C16H24BrNO. The number of hydrogen-bond acceptors (Lipinski definition) is 2. The first-order chi connectivity index (χ1) is 9.10. The van der Waals surface area contributed by atoms with Crippen molar-refractivity contribution in [3.63, 3.8) is 0 Å². The molecule has 2 nitrogen and oxygen atoms in total. The van der Waals surface area contributed by atoms with E-state index in [1.165, 1.54) is 37.7 Å². The minimum Gasteiger partial charge on any atom is -0.507 e. The maximum atomic E-state index is 9.52. The van der Waals surface area contributed by atoms with Gasteiger partial charge in [0.2, 0.25) is 0 Å². The molecule has 1 fully saturated rings. The summed E-state index contributed by atoms with van der Waals surface area (Å²) in [7, 11) is 2.22. The summed E-state index contributed by atoms with van der Waals surface area (Å²) in [5, 5.41) is 9.52. The van der Waals surface area contributed by atoms with Gasteiger partial charge in [0.05, 0.1) is 4.47 Å². The van der Waals surface area contributed by atoms with Crippen molar-refractivity contribution in [1.82, 2.24) is 4.90 Å². The molecule has 0 aromatic heterocycles. The quantitative estimate of drug-likeness (QED) is 0.877. The summed E-state index contributed by atoms with van der Waals surface area (Å²) >= 11 is 3.38. The normalized spacial score (nSPS) is 23.8. The molecule has 1 aliphatic rings. The van der Waals surface area contributed by atoms with E-state index in [0.717, 1.165) is 23.0 Å². The van der Waals surface area contributed by atoms with Crippen LogP contribution in [0.3, 0.4) is 0 Å². The summed E-state index contributed by atoms with van der Waals surface area (Å²) in [6.45, 7) is 3.27. The fraction of sp³-hybridized carbons (Fsp3) is 0.625. The van der Waals surface area contributed by atoms with Crippen molar-refractivity contribution in [3.8, 4) is 5.75 Å². The summed E-state index contributed by atoms with van der Waals surface area (Å²) in [6, 6.07) is 6.51. The van der Waals surface area contributed by atoms with E-state index in [0.29, 0.717) is 5.75 Å². The van der Waals surface area contributed by atoms with Crippen LogP contribution in [-0.4, -0.2) is 23.1 Å². The van der Waals surface area contributed by atoms with E-state index in [1.54, 1.807) is 6.07 Å². The van der Waals surface area contributed by atoms with E-state index in [4.69, 9.17) is 0 Å². The van der Waals surface area contributed by atoms with Crippen LogP contribution in [0, 0.1) is 5.92 Å². The van der Waals surface area contributed by atoms with E-state index >= 15 is 0 Å². The van der Waals surface area contributed by atoms with Gasteiger partial charge in [0.1, 0.15) is 5.75 Å². The maximum absolute atomic E-state index is 9.52. The molecule has 3 heteroatoms. The molecule has 0 heterocycles. The highest BCUT2D eigenvalue weighted by Gasteiger charge is 2.22. The number of rotatable bonds is 4. The summed E-state index contributed by atoms with van der Waals surface area (Å²) in [4.78, 5) is 2.46. The molecule has 19 heavy (non-hydrogen) atoms. The number of aromatic hydroxyl groups is 1. The number of halogens is 1. The highest BCUT2D eigenvalue weighted by Crippen LogP contribution is 2.30. The molecule has 0 atom stereocenters. The van der Waals surface area contributed by atoms with Gasteiger partial charge in [-0.05, 0) is 72.3 Å². The Hall–Kier alpha value is -0.540. The molecule has 0 radical (unpaired) electrons. The largest absolute Gasteiger partial charge is 0.507 e. The molecule has 0 unspecified atom stereocenters. The van der Waals surface area contributed by atoms with Gasteiger partial charge in [-0.25, -0.2) is 0 Å². The van der Waals surface area contributed by atoms with Crippen molar-refractivity contribution in [2.45, 2.75) is 51.6 Å². The van der Waals surface area contributed by atoms with E-state index in [-0.39, 0.29) is 0 Å². The predicted octanol–water partition coefficient (Wildman–Crippen LogP) is 4.56. The fourth-order valence-electron chi connectivity index (χ4n) is 3.06. The van der Waals surface area contributed by atoms with Crippen LogP contribution in [0.5, 0.6) is 5.75 Å². The van der Waals surface area contributed by atoms with Crippen LogP contribution in [0.15, 0.2) is 22.7 Å². The lowest BCUT2D eigenvalue weighted by atomic mass is 9.84. The van der Waals surface area contributed by atoms with E-state index in [2.05, 4.69) is 34.8 Å². The first-order valence-corrected chi connectivity index (χ1v) is 8.07. The molecule has 0 amide bonds. The van der Waals surface area contributed by atoms with Crippen LogP contribution in [0.4, 0.5) is 0 Å². The van der Waals surface area contributed by atoms with E-state index < -0.39 is 0 Å². The van der Waals surface area contributed by atoms with Crippen LogP contribution in [0.1, 0.15) is 44.6 Å². The summed E-state index contributed by atoms with van der Waals surface area (Å²) < 4.78 is 0.785. The second-order valence-electron chi connectivity index (χ2n) is 5.78. The predicted molar refractivity (Wildman–Crippen MR) is 83.3 cm³/mol. The molecule has 1 aliphatic carbocycles. The molecule has 1 N–H and O–H groups in total. The van der Waals surface area contributed by atoms with Gasteiger partial charge >= 0.3 is 0 Å². The number of phenolic OH excluding ortho intramolecular Hbond substituents is 1. The van der Waals surface area contributed by atoms with Gasteiger partial charge in [-0.15, -0.1) is 0 Å². The lowest BCUT2D eigenvalue weighted by Gasteiger charge is -2.34. The number of phenols is 1. The van der Waals surface area contributed by atoms with Crippen molar-refractivity contribution in [2.75, 3.05) is 7.05 Å². The van der Waals surface area contributed by atoms with Gasteiger partial charge in [0, 0.05) is 12.6 Å². The van der Waals surface area contributed by atoms with Crippen LogP contribution >= 0.6 is 15.9 Å². The third-order valence-corrected chi connectivity index (χ3v) is 5.10. The molecule has 1 saturated carbocycles. The Kier molecular flexibility index (Phi) is 5.28. The summed E-state index contributed by atoms with van der Waals surface area (Å²) in [5.41, 5.74) is 1.25. The van der Waals surface area contributed by atoms with Crippen LogP contribution in [0.25, 0.3) is 0 Å². The molecule has 0 bridgehead atoms. The molecule has 0 aliphatic heterocycles. The van der Waals surface area contributed by atoms with Crippen LogP contribution in [0.2, 0.25) is 0 Å². The first-order valence-electron chi connectivity index (χ1n) is 7.27. The Morgan fingerprint density at radius 1 is 1.26 bits per heavy atom. The smallest absolute Gasteiger partial charge is 0.129 e. The molecule has 1 aromatic rings. The molecule has 0 spiro atoms. The van der Waals surface area contributed by atoms with Gasteiger partial charge < -0.3 is 5.11 Å². The monoisotopic (exact) mass is 325 g/mol. The van der Waals surface area contributed by atoms with E-state index in [9.17, 15) is 5.11 Å². The van der Waals surface area contributed by atoms with Crippen molar-refractivity contribution >= 4 is 15.9 Å². The maximum Gasteiger partial charge on any atom is 0.129 e. The van der Waals surface area contributed by atoms with Gasteiger partial charge in [-0.1, -0.05) is 19.4 Å². The average molecular weight is 326 g/mol. The van der Waals surface area contributed by atoms with Gasteiger partial charge in [0.15, 0.2) is 0 Å². The average Bonchev–Trinajstić information content (AvgIpc) is 2.43. The van der Waals surface area contributed by atoms with E-state index in [1.807, 2.05) is 12.1 Å². The standard InChI is InChI=1S/C16H24BrNO/c1-3-12-4-7-14(8-5-12)18(2)11-13-6-9-16(19)15(17)10-13/h6,9-10,12,14,19H,3-5,7-8,11H2,1-2H3. The minimum atomic E-state index is 0.315.